The molecule has 1 fully saturated rings. The highest BCUT2D eigenvalue weighted by Gasteiger charge is 2.48. The molecule has 1 saturated heterocycles. The molecule has 13 heteroatoms. The summed E-state index contributed by atoms with van der Waals surface area (Å²) in [6.45, 7) is 3.50. The number of amides is 1. The molecule has 0 aromatic carbocycles. The van der Waals surface area contributed by atoms with Crippen molar-refractivity contribution in [3.63, 3.8) is 0 Å². The van der Waals surface area contributed by atoms with E-state index in [0.29, 0.717) is 12.8 Å². The van der Waals surface area contributed by atoms with Gasteiger partial charge in [0, 0.05) is 6.42 Å². The van der Waals surface area contributed by atoms with E-state index in [0.717, 1.165) is 51.4 Å². The van der Waals surface area contributed by atoms with Crippen LogP contribution in [0, 0.1) is 0 Å². The summed E-state index contributed by atoms with van der Waals surface area (Å²) >= 11 is 0. The van der Waals surface area contributed by atoms with Gasteiger partial charge in [-0.2, -0.15) is 8.42 Å². The van der Waals surface area contributed by atoms with Gasteiger partial charge in [-0.05, 0) is 12.8 Å². The fourth-order valence-corrected chi connectivity index (χ4v) is 10.2. The van der Waals surface area contributed by atoms with Gasteiger partial charge in [0.2, 0.25) is 5.91 Å². The number of aliphatic hydroxyl groups is 4. The lowest BCUT2D eigenvalue weighted by atomic mass is 9.99. The van der Waals surface area contributed by atoms with E-state index < -0.39 is 59.9 Å². The summed E-state index contributed by atoms with van der Waals surface area (Å²) < 4.78 is 47.9. The van der Waals surface area contributed by atoms with E-state index >= 15 is 0 Å². The summed E-state index contributed by atoms with van der Waals surface area (Å²) in [6, 6.07) is -0.853. The van der Waals surface area contributed by atoms with Crippen LogP contribution in [0.4, 0.5) is 0 Å². The van der Waals surface area contributed by atoms with Crippen molar-refractivity contribution in [3.8, 4) is 0 Å². The smallest absolute Gasteiger partial charge is 0.394 e. The van der Waals surface area contributed by atoms with Gasteiger partial charge in [0.05, 0.1) is 25.4 Å². The van der Waals surface area contributed by atoms with Crippen molar-refractivity contribution in [2.24, 2.45) is 0 Å². The molecule has 0 radical (unpaired) electrons. The van der Waals surface area contributed by atoms with E-state index in [-0.39, 0.29) is 12.5 Å². The molecule has 1 aliphatic heterocycles. The first-order valence-corrected chi connectivity index (χ1v) is 30.3. The summed E-state index contributed by atoms with van der Waals surface area (Å²) in [5.74, 6) is -0.222. The van der Waals surface area contributed by atoms with Crippen LogP contribution in [-0.4, -0.2) is 95.4 Å². The Labute approximate surface area is 418 Å². The van der Waals surface area contributed by atoms with Crippen LogP contribution in [0.2, 0.25) is 0 Å². The summed E-state index contributed by atoms with van der Waals surface area (Å²) in [5.41, 5.74) is 0. The van der Waals surface area contributed by atoms with Crippen LogP contribution in [0.1, 0.15) is 290 Å². The van der Waals surface area contributed by atoms with Crippen molar-refractivity contribution in [2.45, 2.75) is 333 Å². The molecule has 0 aromatic heterocycles. The van der Waals surface area contributed by atoms with Crippen LogP contribution in [-0.2, 0) is 28.9 Å². The van der Waals surface area contributed by atoms with Gasteiger partial charge in [-0.3, -0.25) is 9.35 Å². The van der Waals surface area contributed by atoms with Gasteiger partial charge < -0.3 is 35.2 Å². The van der Waals surface area contributed by atoms with Crippen molar-refractivity contribution in [1.82, 2.24) is 5.32 Å². The zero-order chi connectivity index (χ0) is 49.8. The maximum Gasteiger partial charge on any atom is 0.397 e. The number of rotatable bonds is 51. The molecule has 1 amide bonds. The van der Waals surface area contributed by atoms with Gasteiger partial charge in [0.1, 0.15) is 24.4 Å². The molecule has 1 aliphatic rings. The van der Waals surface area contributed by atoms with Gasteiger partial charge in [0.25, 0.3) is 0 Å². The molecule has 7 unspecified atom stereocenters. The minimum Gasteiger partial charge on any atom is -0.394 e. The van der Waals surface area contributed by atoms with Crippen molar-refractivity contribution in [3.05, 3.63) is 0 Å². The van der Waals surface area contributed by atoms with Gasteiger partial charge in [-0.25, -0.2) is 4.18 Å². The van der Waals surface area contributed by atoms with Gasteiger partial charge in [-0.15, -0.1) is 0 Å². The summed E-state index contributed by atoms with van der Waals surface area (Å²) in [4.78, 5) is 13.1. The van der Waals surface area contributed by atoms with E-state index in [1.54, 1.807) is 0 Å². The highest BCUT2D eigenvalue weighted by molar-refractivity contribution is 7.80. The van der Waals surface area contributed by atoms with Crippen LogP contribution in [0.3, 0.4) is 0 Å². The number of nitrogens with one attached hydrogen (secondary N) is 1. The number of aliphatic hydroxyl groups excluding tert-OH is 4. The second-order valence-electron chi connectivity index (χ2n) is 20.6. The van der Waals surface area contributed by atoms with Crippen molar-refractivity contribution >= 4 is 16.3 Å². The van der Waals surface area contributed by atoms with Crippen LogP contribution in [0.25, 0.3) is 0 Å². The zero-order valence-corrected chi connectivity index (χ0v) is 44.8. The predicted octanol–water partition coefficient (Wildman–Crippen LogP) is 13.3. The van der Waals surface area contributed by atoms with Crippen molar-refractivity contribution in [2.75, 3.05) is 13.2 Å². The molecule has 0 bridgehead atoms. The lowest BCUT2D eigenvalue weighted by Crippen LogP contribution is -2.61. The Morgan fingerprint density at radius 3 is 1.18 bits per heavy atom. The first kappa shape index (κ1) is 65.1. The lowest BCUT2D eigenvalue weighted by molar-refractivity contribution is -0.298. The van der Waals surface area contributed by atoms with E-state index in [1.165, 1.54) is 212 Å². The molecule has 0 aromatic rings. The van der Waals surface area contributed by atoms with E-state index in [4.69, 9.17) is 9.47 Å². The molecular formula is C55H109NO11S. The largest absolute Gasteiger partial charge is 0.397 e. The number of carbonyl (C=O) groups is 1. The molecule has 6 N–H and O–H groups in total. The molecule has 406 valence electrons. The number of unbranched alkanes of at least 4 members (excludes halogenated alkanes) is 39. The normalized spacial score (nSPS) is 19.7. The Kier molecular flexibility index (Phi) is 44.0. The van der Waals surface area contributed by atoms with E-state index in [9.17, 15) is 38.2 Å². The molecule has 12 nitrogen and oxygen atoms in total. The van der Waals surface area contributed by atoms with Crippen LogP contribution < -0.4 is 5.32 Å². The Balaban J connectivity index is 2.33. The van der Waals surface area contributed by atoms with Crippen molar-refractivity contribution < 1.29 is 51.8 Å². The Hall–Kier alpha value is -0.900. The minimum absolute atomic E-state index is 0.222. The highest BCUT2D eigenvalue weighted by Crippen LogP contribution is 2.26. The molecule has 1 rings (SSSR count). The average molecular weight is 993 g/mol. The lowest BCUT2D eigenvalue weighted by Gasteiger charge is -2.41. The maximum atomic E-state index is 13.1. The molecule has 7 atom stereocenters. The Morgan fingerprint density at radius 2 is 0.853 bits per heavy atom. The second-order valence-corrected chi connectivity index (χ2v) is 21.6. The summed E-state index contributed by atoms with van der Waals surface area (Å²) in [6.07, 6.45) is 43.9. The third-order valence-corrected chi connectivity index (χ3v) is 14.6. The maximum absolute atomic E-state index is 13.1. The van der Waals surface area contributed by atoms with Gasteiger partial charge >= 0.3 is 10.4 Å². The monoisotopic (exact) mass is 992 g/mol. The predicted molar refractivity (Wildman–Crippen MR) is 278 cm³/mol. The minimum atomic E-state index is -5.08. The zero-order valence-electron chi connectivity index (χ0n) is 44.0. The quantitative estimate of drug-likeness (QED) is 0.0251. The van der Waals surface area contributed by atoms with E-state index in [2.05, 4.69) is 23.3 Å². The molecule has 0 saturated carbocycles. The van der Waals surface area contributed by atoms with Crippen molar-refractivity contribution in [1.29, 1.82) is 0 Å². The fraction of sp³-hybridized carbons (Fsp3) is 0.982. The third-order valence-electron chi connectivity index (χ3n) is 14.2. The average Bonchev–Trinajstić information content (AvgIpc) is 3.31. The van der Waals surface area contributed by atoms with Gasteiger partial charge in [0.15, 0.2) is 6.29 Å². The fourth-order valence-electron chi connectivity index (χ4n) is 9.70. The first-order chi connectivity index (χ1) is 33.0. The third kappa shape index (κ3) is 37.8. The van der Waals surface area contributed by atoms with Crippen LogP contribution in [0.15, 0.2) is 0 Å². The van der Waals surface area contributed by atoms with Crippen LogP contribution >= 0.6 is 0 Å². The molecular weight excluding hydrogens is 883 g/mol. The Morgan fingerprint density at radius 1 is 0.529 bits per heavy atom. The molecule has 68 heavy (non-hydrogen) atoms. The molecule has 1 heterocycles. The van der Waals surface area contributed by atoms with Gasteiger partial charge in [-0.1, -0.05) is 271 Å². The summed E-state index contributed by atoms with van der Waals surface area (Å²) in [7, 11) is -5.08. The van der Waals surface area contributed by atoms with E-state index in [1.807, 2.05) is 0 Å². The topological polar surface area (TPSA) is 192 Å². The molecule has 0 spiro atoms. The summed E-state index contributed by atoms with van der Waals surface area (Å²) in [5, 5.41) is 45.1. The van der Waals surface area contributed by atoms with Crippen LogP contribution in [0.5, 0.6) is 0 Å². The number of hydrogen-bond donors (Lipinski definition) is 6. The Bertz CT molecular complexity index is 1210. The highest BCUT2D eigenvalue weighted by atomic mass is 32.3. The first-order valence-electron chi connectivity index (χ1n) is 28.9. The molecule has 0 aliphatic carbocycles. The number of carbonyl (C=O) groups excluding carboxylic acids is 1. The number of hydrogen-bond acceptors (Lipinski definition) is 10. The second kappa shape index (κ2) is 45.9. The standard InChI is InChI=1S/C55H109NO11S/c1-3-5-7-9-11-13-15-17-19-21-22-23-24-25-26-27-29-31-33-35-37-39-41-43-45-51(59)56-48(47-65-55-53(61)54(67-68(62,63)64)52(60)50(46-57)66-55)49(58)44-42-40-38-36-34-32-30-28-20-18-16-14-12-10-8-6-4-2/h48-50,52-55,57-58,60-61H,3-47H2,1-2H3,(H,56,59)(H,62,63,64). The SMILES string of the molecule is CCCCCCCCCCCCCCCCCCCCCCCCCCC(=O)NC(COC1OC(CO)C(O)C(OS(=O)(=O)O)C1O)C(O)CCCCCCCCCCCCCCCCCCC. The number of ether oxygens (including phenoxy) is 2.